The first-order valence-corrected chi connectivity index (χ1v) is 24.2. The second-order valence-electron chi connectivity index (χ2n) is 17.9. The van der Waals surface area contributed by atoms with Crippen LogP contribution in [0.15, 0.2) is 194 Å². The first-order chi connectivity index (χ1) is 34.9. The van der Waals surface area contributed by atoms with Gasteiger partial charge < -0.3 is 38.6 Å². The van der Waals surface area contributed by atoms with Crippen molar-refractivity contribution in [1.29, 1.82) is 0 Å². The molecule has 0 saturated carbocycles. The Morgan fingerprint density at radius 1 is 0.296 bits per heavy atom. The second-order valence-corrected chi connectivity index (χ2v) is 17.9. The maximum absolute atomic E-state index is 9.64. The summed E-state index contributed by atoms with van der Waals surface area (Å²) in [5, 5.41) is 27.8. The first-order valence-electron chi connectivity index (χ1n) is 24.2. The van der Waals surface area contributed by atoms with Crippen LogP contribution in [0.1, 0.15) is 25.0 Å². The molecule has 10 aromatic carbocycles. The monoisotopic (exact) mass is 940 g/mol. The normalized spacial score (nSPS) is 11.5. The second kappa shape index (κ2) is 21.3. The summed E-state index contributed by atoms with van der Waals surface area (Å²) in [6, 6.07) is 65.8. The minimum atomic E-state index is -0.287. The lowest BCUT2D eigenvalue weighted by Gasteiger charge is -2.26. The predicted molar refractivity (Wildman–Crippen MR) is 286 cm³/mol. The van der Waals surface area contributed by atoms with E-state index in [1.165, 1.54) is 0 Å². The van der Waals surface area contributed by atoms with Gasteiger partial charge in [-0.3, -0.25) is 0 Å². The quantitative estimate of drug-likeness (QED) is 0.0730. The van der Waals surface area contributed by atoms with E-state index in [1.807, 2.05) is 109 Å². The Hall–Kier alpha value is -8.04. The van der Waals surface area contributed by atoms with Crippen molar-refractivity contribution in [1.82, 2.24) is 0 Å². The van der Waals surface area contributed by atoms with E-state index in [4.69, 9.17) is 28.4 Å². The molecular formula is C63H56O8. The lowest BCUT2D eigenvalue weighted by molar-refractivity contribution is 0.202. The van der Waals surface area contributed by atoms with Gasteiger partial charge in [0.05, 0.1) is 13.2 Å². The lowest BCUT2D eigenvalue weighted by atomic mass is 9.78. The third-order valence-electron chi connectivity index (χ3n) is 13.1. The van der Waals surface area contributed by atoms with Crippen LogP contribution >= 0.6 is 0 Å². The SMILES string of the molecule is CC(C)(c1ccc(OCCOc2ccc3ccccc3c2-c2c(OCCO)ccc3ccccc23)cc1)c1ccc(OCCOc2ccc3ccccc3c2-c2c(OCCO)ccc3ccccc23)cc1. The zero-order chi connectivity index (χ0) is 48.6. The molecule has 10 aromatic rings. The van der Waals surface area contributed by atoms with E-state index in [1.54, 1.807) is 0 Å². The molecule has 8 nitrogen and oxygen atoms in total. The summed E-state index contributed by atoms with van der Waals surface area (Å²) in [4.78, 5) is 0. The van der Waals surface area contributed by atoms with Crippen LogP contribution in [0, 0.1) is 0 Å². The molecule has 356 valence electrons. The highest BCUT2D eigenvalue weighted by molar-refractivity contribution is 6.11. The first kappa shape index (κ1) is 46.7. The van der Waals surface area contributed by atoms with Crippen molar-refractivity contribution >= 4 is 43.1 Å². The Morgan fingerprint density at radius 2 is 0.563 bits per heavy atom. The minimum absolute atomic E-state index is 0.0852. The summed E-state index contributed by atoms with van der Waals surface area (Å²) < 4.78 is 37.8. The molecule has 0 saturated heterocycles. The summed E-state index contributed by atoms with van der Waals surface area (Å²) in [6.45, 7) is 5.98. The number of rotatable bonds is 20. The van der Waals surface area contributed by atoms with Gasteiger partial charge in [0.15, 0.2) is 0 Å². The van der Waals surface area contributed by atoms with E-state index >= 15 is 0 Å². The van der Waals surface area contributed by atoms with E-state index in [-0.39, 0.29) is 31.8 Å². The number of ether oxygens (including phenoxy) is 6. The molecule has 0 unspecified atom stereocenters. The van der Waals surface area contributed by atoms with E-state index in [0.717, 1.165) is 99.5 Å². The average Bonchev–Trinajstić information content (AvgIpc) is 3.42. The van der Waals surface area contributed by atoms with E-state index < -0.39 is 0 Å². The number of aliphatic hydroxyl groups excluding tert-OH is 2. The van der Waals surface area contributed by atoms with Crippen LogP contribution in [0.5, 0.6) is 34.5 Å². The van der Waals surface area contributed by atoms with Crippen molar-refractivity contribution in [2.24, 2.45) is 0 Å². The molecule has 0 aliphatic carbocycles. The Bertz CT molecular complexity index is 3210. The summed E-state index contributed by atoms with van der Waals surface area (Å²) in [6.07, 6.45) is 0. The molecule has 0 heterocycles. The zero-order valence-corrected chi connectivity index (χ0v) is 40.0. The molecule has 8 heteroatoms. The van der Waals surface area contributed by atoms with Crippen LogP contribution in [0.2, 0.25) is 0 Å². The number of hydrogen-bond acceptors (Lipinski definition) is 8. The fourth-order valence-corrected chi connectivity index (χ4v) is 9.55. The largest absolute Gasteiger partial charge is 0.491 e. The topological polar surface area (TPSA) is 95.8 Å². The molecule has 0 amide bonds. The van der Waals surface area contributed by atoms with Gasteiger partial charge in [0.25, 0.3) is 0 Å². The highest BCUT2D eigenvalue weighted by atomic mass is 16.5. The van der Waals surface area contributed by atoms with Crippen LogP contribution < -0.4 is 28.4 Å². The van der Waals surface area contributed by atoms with E-state index in [0.29, 0.717) is 37.9 Å². The van der Waals surface area contributed by atoms with Crippen molar-refractivity contribution in [3.8, 4) is 56.8 Å². The minimum Gasteiger partial charge on any atom is -0.491 e. The smallest absolute Gasteiger partial charge is 0.128 e. The fourth-order valence-electron chi connectivity index (χ4n) is 9.55. The molecule has 71 heavy (non-hydrogen) atoms. The van der Waals surface area contributed by atoms with Crippen molar-refractivity contribution < 1.29 is 38.6 Å². The van der Waals surface area contributed by atoms with Gasteiger partial charge in [0.1, 0.15) is 74.1 Å². The standard InChI is InChI=1S/C63H56O8/c1-63(2,47-23-27-49(28-24-47)66-39-41-70-57-33-21-45-13-5-9-17-53(45)61(57)59-51-15-7-3-11-43(51)19-31-55(59)68-37-35-64)48-25-29-50(30-26-48)67-40-42-71-58-34-22-46-14-6-10-18-54(46)62(58)60-52-16-8-4-12-44(52)20-32-56(60)69-38-36-65/h3-34,64-65H,35-42H2,1-2H3. The summed E-state index contributed by atoms with van der Waals surface area (Å²) in [5.41, 5.74) is 5.77. The maximum atomic E-state index is 9.64. The van der Waals surface area contributed by atoms with Crippen LogP contribution in [0.3, 0.4) is 0 Å². The number of fused-ring (bicyclic) bond motifs is 4. The average molecular weight is 941 g/mol. The maximum Gasteiger partial charge on any atom is 0.128 e. The van der Waals surface area contributed by atoms with Gasteiger partial charge in [-0.2, -0.15) is 0 Å². The highest BCUT2D eigenvalue weighted by Crippen LogP contribution is 2.47. The van der Waals surface area contributed by atoms with Gasteiger partial charge in [-0.15, -0.1) is 0 Å². The van der Waals surface area contributed by atoms with Crippen LogP contribution in [-0.4, -0.2) is 63.1 Å². The Balaban J connectivity index is 0.781. The summed E-state index contributed by atoms with van der Waals surface area (Å²) in [5.74, 6) is 4.36. The third kappa shape index (κ3) is 9.91. The molecule has 0 aromatic heterocycles. The molecule has 0 atom stereocenters. The molecule has 0 fully saturated rings. The molecular weight excluding hydrogens is 885 g/mol. The molecule has 0 bridgehead atoms. The Morgan fingerprint density at radius 3 is 0.859 bits per heavy atom. The Kier molecular flexibility index (Phi) is 14.0. The van der Waals surface area contributed by atoms with Crippen molar-refractivity contribution in [2.45, 2.75) is 19.3 Å². The van der Waals surface area contributed by atoms with Gasteiger partial charge in [-0.25, -0.2) is 0 Å². The Labute approximate surface area is 414 Å². The molecule has 0 spiro atoms. The van der Waals surface area contributed by atoms with Crippen molar-refractivity contribution in [2.75, 3.05) is 52.9 Å². The van der Waals surface area contributed by atoms with E-state index in [9.17, 15) is 10.2 Å². The van der Waals surface area contributed by atoms with Gasteiger partial charge >= 0.3 is 0 Å². The molecule has 0 aliphatic rings. The zero-order valence-electron chi connectivity index (χ0n) is 40.0. The molecule has 10 rings (SSSR count). The van der Waals surface area contributed by atoms with Gasteiger partial charge in [-0.1, -0.05) is 159 Å². The highest BCUT2D eigenvalue weighted by Gasteiger charge is 2.24. The molecule has 0 aliphatic heterocycles. The predicted octanol–water partition coefficient (Wildman–Crippen LogP) is 13.6. The third-order valence-corrected chi connectivity index (χ3v) is 13.1. The van der Waals surface area contributed by atoms with Crippen LogP contribution in [0.25, 0.3) is 65.3 Å². The molecule has 2 N–H and O–H groups in total. The van der Waals surface area contributed by atoms with Gasteiger partial charge in [0, 0.05) is 27.7 Å². The van der Waals surface area contributed by atoms with Crippen molar-refractivity contribution in [3.63, 3.8) is 0 Å². The molecule has 0 radical (unpaired) electrons. The number of aliphatic hydroxyl groups is 2. The van der Waals surface area contributed by atoms with Crippen LogP contribution in [-0.2, 0) is 5.41 Å². The summed E-state index contributed by atoms with van der Waals surface area (Å²) in [7, 11) is 0. The summed E-state index contributed by atoms with van der Waals surface area (Å²) >= 11 is 0. The van der Waals surface area contributed by atoms with Gasteiger partial charge in [-0.05, 0) is 103 Å². The van der Waals surface area contributed by atoms with Gasteiger partial charge in [0.2, 0.25) is 0 Å². The fraction of sp³-hybridized carbons (Fsp3) is 0.175. The number of benzene rings is 10. The number of hydrogen-bond donors (Lipinski definition) is 2. The van der Waals surface area contributed by atoms with Crippen LogP contribution in [0.4, 0.5) is 0 Å². The van der Waals surface area contributed by atoms with E-state index in [2.05, 4.69) is 98.8 Å². The van der Waals surface area contributed by atoms with Crippen molar-refractivity contribution in [3.05, 3.63) is 205 Å². The lowest BCUT2D eigenvalue weighted by Crippen LogP contribution is -2.19.